The third-order valence-electron chi connectivity index (χ3n) is 3.44. The molecule has 21 heavy (non-hydrogen) atoms. The molecule has 0 unspecified atom stereocenters. The van der Waals surface area contributed by atoms with E-state index in [1.807, 2.05) is 19.9 Å². The smallest absolute Gasteiger partial charge is 0.237 e. The minimum atomic E-state index is -0.800. The molecule has 1 aromatic rings. The number of anilines is 1. The van der Waals surface area contributed by atoms with Crippen LogP contribution in [0.4, 0.5) is 5.69 Å². The zero-order valence-corrected chi connectivity index (χ0v) is 15.9. The van der Waals surface area contributed by atoms with Gasteiger partial charge in [-0.15, -0.1) is 0 Å². The van der Waals surface area contributed by atoms with Gasteiger partial charge in [-0.1, -0.05) is 50.5 Å². The maximum atomic E-state index is 12.8. The fraction of sp³-hybridized carbons (Fsp3) is 0.467. The summed E-state index contributed by atoms with van der Waals surface area (Å²) in [6, 6.07) is 5.49. The quantitative estimate of drug-likeness (QED) is 0.477. The Bertz CT molecular complexity index is 530. The average molecular weight is 439 g/mol. The molecular formula is C15H20ClIN2OS. The van der Waals surface area contributed by atoms with Crippen molar-refractivity contribution in [2.45, 2.75) is 39.5 Å². The topological polar surface area (TPSA) is 55.1 Å². The highest BCUT2D eigenvalue weighted by Gasteiger charge is 2.40. The average Bonchev–Trinajstić information content (AvgIpc) is 2.41. The fourth-order valence-corrected chi connectivity index (χ4v) is 3.60. The van der Waals surface area contributed by atoms with Gasteiger partial charge in [0, 0.05) is 3.57 Å². The van der Waals surface area contributed by atoms with Gasteiger partial charge in [0.15, 0.2) is 0 Å². The maximum Gasteiger partial charge on any atom is 0.237 e. The number of amides is 1. The Labute approximate surface area is 150 Å². The molecule has 0 aliphatic carbocycles. The molecule has 3 N–H and O–H groups in total. The molecule has 0 aromatic heterocycles. The van der Waals surface area contributed by atoms with Gasteiger partial charge in [0.05, 0.1) is 21.1 Å². The van der Waals surface area contributed by atoms with Crippen molar-refractivity contribution in [3.8, 4) is 0 Å². The Kier molecular flexibility index (Phi) is 7.36. The third kappa shape index (κ3) is 4.53. The summed E-state index contributed by atoms with van der Waals surface area (Å²) < 4.78 is 1.01. The summed E-state index contributed by atoms with van der Waals surface area (Å²) in [5.74, 6) is -0.165. The Morgan fingerprint density at radius 3 is 2.38 bits per heavy atom. The van der Waals surface area contributed by atoms with Crippen LogP contribution in [0.5, 0.6) is 0 Å². The Morgan fingerprint density at radius 1 is 1.38 bits per heavy atom. The fourth-order valence-electron chi connectivity index (χ4n) is 2.40. The summed E-state index contributed by atoms with van der Waals surface area (Å²) in [5.41, 5.74) is 5.69. The van der Waals surface area contributed by atoms with E-state index in [9.17, 15) is 4.79 Å². The molecule has 0 saturated carbocycles. The Balaban J connectivity index is 3.08. The summed E-state index contributed by atoms with van der Waals surface area (Å²) in [7, 11) is 0. The largest absolute Gasteiger partial charge is 0.392 e. The van der Waals surface area contributed by atoms with Crippen molar-refractivity contribution in [2.75, 3.05) is 5.32 Å². The molecule has 0 bridgehead atoms. The van der Waals surface area contributed by atoms with Crippen LogP contribution in [0.15, 0.2) is 18.2 Å². The highest BCUT2D eigenvalue weighted by Crippen LogP contribution is 2.33. The van der Waals surface area contributed by atoms with Gasteiger partial charge >= 0.3 is 0 Å². The van der Waals surface area contributed by atoms with E-state index in [1.165, 1.54) is 0 Å². The van der Waals surface area contributed by atoms with Crippen molar-refractivity contribution in [3.63, 3.8) is 0 Å². The van der Waals surface area contributed by atoms with Crippen molar-refractivity contribution in [1.29, 1.82) is 0 Å². The van der Waals surface area contributed by atoms with Gasteiger partial charge in [-0.25, -0.2) is 0 Å². The van der Waals surface area contributed by atoms with Crippen molar-refractivity contribution < 1.29 is 4.79 Å². The second kappa shape index (κ2) is 8.29. The van der Waals surface area contributed by atoms with Gasteiger partial charge < -0.3 is 11.1 Å². The van der Waals surface area contributed by atoms with Gasteiger partial charge in [-0.2, -0.15) is 0 Å². The molecular weight excluding hydrogens is 419 g/mol. The van der Waals surface area contributed by atoms with Crippen LogP contribution in [0.25, 0.3) is 0 Å². The van der Waals surface area contributed by atoms with Crippen molar-refractivity contribution >= 4 is 63.0 Å². The predicted molar refractivity (Wildman–Crippen MR) is 102 cm³/mol. The lowest BCUT2D eigenvalue weighted by atomic mass is 9.78. The minimum absolute atomic E-state index is 0.165. The third-order valence-corrected chi connectivity index (χ3v) is 4.81. The summed E-state index contributed by atoms with van der Waals surface area (Å²) in [4.78, 5) is 13.0. The van der Waals surface area contributed by atoms with Crippen LogP contribution in [0, 0.1) is 8.99 Å². The van der Waals surface area contributed by atoms with Crippen LogP contribution >= 0.6 is 46.4 Å². The van der Waals surface area contributed by atoms with Gasteiger partial charge in [0.1, 0.15) is 0 Å². The first-order valence-electron chi connectivity index (χ1n) is 6.93. The zero-order chi connectivity index (χ0) is 16.0. The van der Waals surface area contributed by atoms with Crippen molar-refractivity contribution in [2.24, 2.45) is 11.1 Å². The molecule has 0 fully saturated rings. The Hall–Kier alpha value is -0.400. The molecule has 0 heterocycles. The molecule has 0 aliphatic rings. The number of nitrogens with one attached hydrogen (secondary N) is 1. The Morgan fingerprint density at radius 2 is 1.95 bits per heavy atom. The number of carbonyl (C=O) groups is 1. The minimum Gasteiger partial charge on any atom is -0.392 e. The van der Waals surface area contributed by atoms with Crippen LogP contribution in [-0.2, 0) is 4.79 Å². The molecule has 0 saturated heterocycles. The molecule has 1 amide bonds. The van der Waals surface area contributed by atoms with E-state index in [-0.39, 0.29) is 10.9 Å². The number of thiocarbonyl (C=S) groups is 1. The van der Waals surface area contributed by atoms with E-state index in [2.05, 4.69) is 27.9 Å². The normalized spacial score (nSPS) is 11.2. The molecule has 0 aliphatic heterocycles. The van der Waals surface area contributed by atoms with Crippen LogP contribution in [0.2, 0.25) is 5.02 Å². The van der Waals surface area contributed by atoms with Crippen LogP contribution in [-0.4, -0.2) is 10.9 Å². The predicted octanol–water partition coefficient (Wildman–Crippen LogP) is 4.76. The highest BCUT2D eigenvalue weighted by atomic mass is 127. The summed E-state index contributed by atoms with van der Waals surface area (Å²) in [5, 5.41) is 3.40. The number of nitrogens with two attached hydrogens (primary N) is 1. The number of halogens is 2. The first kappa shape index (κ1) is 18.6. The van der Waals surface area contributed by atoms with Gasteiger partial charge in [-0.05, 0) is 53.6 Å². The lowest BCUT2D eigenvalue weighted by molar-refractivity contribution is -0.122. The van der Waals surface area contributed by atoms with Gasteiger partial charge in [0.2, 0.25) is 5.91 Å². The zero-order valence-electron chi connectivity index (χ0n) is 12.2. The number of benzene rings is 1. The second-order valence-electron chi connectivity index (χ2n) is 5.02. The van der Waals surface area contributed by atoms with Gasteiger partial charge in [-0.3, -0.25) is 4.79 Å². The molecule has 0 radical (unpaired) electrons. The summed E-state index contributed by atoms with van der Waals surface area (Å²) in [6.45, 7) is 4.04. The van der Waals surface area contributed by atoms with E-state index in [4.69, 9.17) is 29.6 Å². The van der Waals surface area contributed by atoms with Crippen LogP contribution in [0.3, 0.4) is 0 Å². The highest BCUT2D eigenvalue weighted by molar-refractivity contribution is 14.1. The maximum absolute atomic E-state index is 12.8. The molecule has 0 spiro atoms. The summed E-state index contributed by atoms with van der Waals surface area (Å²) >= 11 is 13.5. The lowest BCUT2D eigenvalue weighted by Crippen LogP contribution is -2.46. The standard InChI is InChI=1S/C15H20ClIN2OS/c1-3-7-15(8-4-2,13(18)21)14(20)19-12-6-5-10(17)9-11(12)16/h5-6,9H,3-4,7-8H2,1-2H3,(H2,18,21)(H,19,20). The first-order valence-corrected chi connectivity index (χ1v) is 8.80. The molecule has 1 aromatic carbocycles. The number of hydrogen-bond donors (Lipinski definition) is 2. The van der Waals surface area contributed by atoms with Crippen molar-refractivity contribution in [1.82, 2.24) is 0 Å². The number of hydrogen-bond acceptors (Lipinski definition) is 2. The summed E-state index contributed by atoms with van der Waals surface area (Å²) in [6.07, 6.45) is 2.96. The van der Waals surface area contributed by atoms with Crippen LogP contribution < -0.4 is 11.1 Å². The molecule has 3 nitrogen and oxygen atoms in total. The monoisotopic (exact) mass is 438 g/mol. The molecule has 116 valence electrons. The molecule has 1 rings (SSSR count). The van der Waals surface area contributed by atoms with E-state index < -0.39 is 5.41 Å². The van der Waals surface area contributed by atoms with Crippen molar-refractivity contribution in [3.05, 3.63) is 26.8 Å². The van der Waals surface area contributed by atoms with Gasteiger partial charge in [0.25, 0.3) is 0 Å². The molecule has 0 atom stereocenters. The van der Waals surface area contributed by atoms with Crippen LogP contribution in [0.1, 0.15) is 39.5 Å². The number of carbonyl (C=O) groups excluding carboxylic acids is 1. The first-order chi connectivity index (χ1) is 9.87. The molecule has 6 heteroatoms. The van der Waals surface area contributed by atoms with E-state index >= 15 is 0 Å². The number of rotatable bonds is 7. The second-order valence-corrected chi connectivity index (χ2v) is 7.12. The lowest BCUT2D eigenvalue weighted by Gasteiger charge is -2.31. The van der Waals surface area contributed by atoms with E-state index in [0.717, 1.165) is 16.4 Å². The SMILES string of the molecule is CCCC(CCC)(C(=O)Nc1ccc(I)cc1Cl)C(N)=S. The van der Waals surface area contributed by atoms with E-state index in [0.29, 0.717) is 23.6 Å². The van der Waals surface area contributed by atoms with E-state index in [1.54, 1.807) is 12.1 Å².